The van der Waals surface area contributed by atoms with Crippen LogP contribution in [0, 0.1) is 5.41 Å². The number of nitrogens with one attached hydrogen (secondary N) is 1. The summed E-state index contributed by atoms with van der Waals surface area (Å²) in [6, 6.07) is 12.2. The Balaban J connectivity index is 0.000000280. The van der Waals surface area contributed by atoms with Gasteiger partial charge in [-0.2, -0.15) is 0 Å². The molecule has 1 fully saturated rings. The van der Waals surface area contributed by atoms with Crippen LogP contribution in [0.15, 0.2) is 67.1 Å². The molecule has 1 saturated heterocycles. The molecular weight excluding hydrogens is 398 g/mol. The maximum absolute atomic E-state index is 10.3. The number of phenolic OH excluding ortho intramolecular Hbond substituents is 1. The smallest absolute Gasteiger partial charge is 0.309 e. The van der Waals surface area contributed by atoms with Crippen LogP contribution in [-0.2, 0) is 4.79 Å². The number of nitrogens with zero attached hydrogens (tertiary/aromatic N) is 1. The molecule has 30 heavy (non-hydrogen) atoms. The zero-order valence-electron chi connectivity index (χ0n) is 17.0. The van der Waals surface area contributed by atoms with Crippen molar-refractivity contribution >= 4 is 35.4 Å². The molecule has 1 aliphatic rings. The summed E-state index contributed by atoms with van der Waals surface area (Å²) in [6.07, 6.45) is 4.06. The number of nitrogen functional groups attached to an aromatic ring is 1. The average molecular weight is 428 g/mol. The van der Waals surface area contributed by atoms with Crippen molar-refractivity contribution in [2.45, 2.75) is 24.2 Å². The lowest BCUT2D eigenvalue weighted by molar-refractivity contribution is -0.135. The minimum atomic E-state index is -1.02. The predicted molar refractivity (Wildman–Crippen MR) is 126 cm³/mol. The molecule has 7 heteroatoms. The summed E-state index contributed by atoms with van der Waals surface area (Å²) in [6.45, 7) is 12.1. The van der Waals surface area contributed by atoms with Gasteiger partial charge in [-0.25, -0.2) is 4.31 Å². The zero-order chi connectivity index (χ0) is 22.5. The van der Waals surface area contributed by atoms with Crippen LogP contribution in [0.25, 0.3) is 6.08 Å². The van der Waals surface area contributed by atoms with Crippen molar-refractivity contribution in [3.8, 4) is 5.75 Å². The summed E-state index contributed by atoms with van der Waals surface area (Å²) in [5.41, 5.74) is 7.53. The van der Waals surface area contributed by atoms with Crippen molar-refractivity contribution in [2.75, 3.05) is 18.8 Å². The first-order chi connectivity index (χ1) is 14.4. The Morgan fingerprint density at radius 3 is 2.40 bits per heavy atom. The fraction of sp³-hybridized carbons (Fsp3) is 0.217. The van der Waals surface area contributed by atoms with Crippen LogP contribution in [0.1, 0.15) is 30.4 Å². The number of rotatable bonds is 6. The van der Waals surface area contributed by atoms with Gasteiger partial charge in [-0.3, -0.25) is 4.79 Å². The van der Waals surface area contributed by atoms with Gasteiger partial charge in [0.25, 0.3) is 0 Å². The Morgan fingerprint density at radius 2 is 1.83 bits per heavy atom. The number of anilines is 1. The minimum Gasteiger partial charge on any atom is -0.508 e. The Morgan fingerprint density at radius 1 is 1.20 bits per heavy atom. The van der Waals surface area contributed by atoms with Gasteiger partial charge in [0.1, 0.15) is 5.75 Å². The second-order valence-electron chi connectivity index (χ2n) is 6.29. The Bertz CT molecular complexity index is 865. The number of phenols is 1. The number of aromatic hydroxyl groups is 1. The van der Waals surface area contributed by atoms with Gasteiger partial charge < -0.3 is 21.4 Å². The first kappa shape index (κ1) is 25.0. The van der Waals surface area contributed by atoms with Crippen molar-refractivity contribution in [3.63, 3.8) is 0 Å². The Kier molecular flexibility index (Phi) is 11.0. The summed E-state index contributed by atoms with van der Waals surface area (Å²) in [7, 11) is 0. The molecule has 0 bridgehead atoms. The second kappa shape index (κ2) is 13.2. The van der Waals surface area contributed by atoms with Gasteiger partial charge >= 0.3 is 5.97 Å². The van der Waals surface area contributed by atoms with Gasteiger partial charge in [0, 0.05) is 29.2 Å². The van der Waals surface area contributed by atoms with E-state index in [1.54, 1.807) is 54.4 Å². The van der Waals surface area contributed by atoms with Crippen molar-refractivity contribution in [3.05, 3.63) is 73.3 Å². The highest BCUT2D eigenvalue weighted by Crippen LogP contribution is 2.31. The topological polar surface area (TPSA) is 111 Å². The second-order valence-corrected chi connectivity index (χ2v) is 7.43. The molecule has 0 spiro atoms. The lowest BCUT2D eigenvalue weighted by Gasteiger charge is -2.14. The number of carboxylic acid groups (broad SMARTS) is 1. The Labute approximate surface area is 182 Å². The first-order valence-corrected chi connectivity index (χ1v) is 10.2. The number of hydrogen-bond acceptors (Lipinski definition) is 6. The molecule has 2 aromatic rings. The van der Waals surface area contributed by atoms with Crippen molar-refractivity contribution in [2.24, 2.45) is 0 Å². The molecule has 2 aromatic carbocycles. The third-order valence-corrected chi connectivity index (χ3v) is 5.31. The number of carbonyl (C=O) groups is 1. The van der Waals surface area contributed by atoms with E-state index in [0.29, 0.717) is 17.0 Å². The molecule has 1 heterocycles. The standard InChI is InChI=1S/C12H15NOS.C9H10N2O2.C2H4/c1-2-10-9-11(14)5-6-12(10)15-13-7-3-4-8-13;10-7-4-2-1-3-6(7)8(11)5-9(12)13;1-2/h2,5-6,9,14H,1,3-4,7-8H2;1-4,11H,5,10H2,(H,12,13);1-2H2. The maximum Gasteiger partial charge on any atom is 0.309 e. The van der Waals surface area contributed by atoms with E-state index in [-0.39, 0.29) is 12.1 Å². The fourth-order valence-corrected chi connectivity index (χ4v) is 3.81. The number of nitrogens with two attached hydrogens (primary N) is 1. The summed E-state index contributed by atoms with van der Waals surface area (Å²) >= 11 is 1.76. The molecule has 5 N–H and O–H groups in total. The fourth-order valence-electron chi connectivity index (χ4n) is 2.72. The zero-order valence-corrected chi connectivity index (χ0v) is 17.8. The highest BCUT2D eigenvalue weighted by Gasteiger charge is 2.14. The van der Waals surface area contributed by atoms with E-state index in [2.05, 4.69) is 24.0 Å². The number of hydrogen-bond donors (Lipinski definition) is 4. The molecule has 0 radical (unpaired) electrons. The lowest BCUT2D eigenvalue weighted by atomic mass is 10.1. The molecule has 3 rings (SSSR count). The van der Waals surface area contributed by atoms with Crippen LogP contribution in [0.4, 0.5) is 5.69 Å². The third kappa shape index (κ3) is 8.14. The van der Waals surface area contributed by atoms with E-state index in [9.17, 15) is 9.90 Å². The molecule has 0 amide bonds. The Hall–Kier alpha value is -3.03. The van der Waals surface area contributed by atoms with Gasteiger partial charge in [0.2, 0.25) is 0 Å². The number of para-hydroxylation sites is 1. The third-order valence-electron chi connectivity index (χ3n) is 4.12. The van der Waals surface area contributed by atoms with Crippen LogP contribution < -0.4 is 5.73 Å². The number of benzene rings is 2. The molecule has 160 valence electrons. The molecule has 6 nitrogen and oxygen atoms in total. The predicted octanol–water partition coefficient (Wildman–Crippen LogP) is 5.05. The molecule has 1 aliphatic heterocycles. The van der Waals surface area contributed by atoms with E-state index in [1.165, 1.54) is 17.7 Å². The van der Waals surface area contributed by atoms with Gasteiger partial charge in [0.05, 0.1) is 12.1 Å². The molecule has 0 aromatic heterocycles. The van der Waals surface area contributed by atoms with Crippen molar-refractivity contribution < 1.29 is 15.0 Å². The molecule has 0 aliphatic carbocycles. The van der Waals surface area contributed by atoms with Gasteiger partial charge in [-0.05, 0) is 54.6 Å². The van der Waals surface area contributed by atoms with E-state index in [0.717, 1.165) is 18.7 Å². The summed E-state index contributed by atoms with van der Waals surface area (Å²) in [5, 5.41) is 25.3. The molecule has 0 atom stereocenters. The van der Waals surface area contributed by atoms with Crippen molar-refractivity contribution in [1.82, 2.24) is 4.31 Å². The average Bonchev–Trinajstić information content (AvgIpc) is 3.24. The monoisotopic (exact) mass is 427 g/mol. The van der Waals surface area contributed by atoms with Gasteiger partial charge in [-0.15, -0.1) is 13.2 Å². The lowest BCUT2D eigenvalue weighted by Crippen LogP contribution is -2.09. The first-order valence-electron chi connectivity index (χ1n) is 9.43. The maximum atomic E-state index is 10.3. The van der Waals surface area contributed by atoms with Gasteiger partial charge in [-0.1, -0.05) is 30.9 Å². The summed E-state index contributed by atoms with van der Waals surface area (Å²) in [4.78, 5) is 11.5. The highest BCUT2D eigenvalue weighted by atomic mass is 32.2. The van der Waals surface area contributed by atoms with E-state index < -0.39 is 5.97 Å². The van der Waals surface area contributed by atoms with Crippen LogP contribution >= 0.6 is 11.9 Å². The molecule has 0 saturated carbocycles. The highest BCUT2D eigenvalue weighted by molar-refractivity contribution is 7.97. The summed E-state index contributed by atoms with van der Waals surface area (Å²) < 4.78 is 2.36. The van der Waals surface area contributed by atoms with Crippen LogP contribution in [0.5, 0.6) is 5.75 Å². The van der Waals surface area contributed by atoms with Crippen molar-refractivity contribution in [1.29, 1.82) is 5.41 Å². The SMILES string of the molecule is C=C.C=Cc1cc(O)ccc1SN1CCCC1.N=C(CC(=O)O)c1ccccc1N. The normalized spacial score (nSPS) is 12.7. The van der Waals surface area contributed by atoms with Crippen LogP contribution in [0.3, 0.4) is 0 Å². The molecular formula is C23H29N3O3S. The largest absolute Gasteiger partial charge is 0.508 e. The van der Waals surface area contributed by atoms with E-state index in [4.69, 9.17) is 16.2 Å². The van der Waals surface area contributed by atoms with Gasteiger partial charge in [0.15, 0.2) is 0 Å². The number of carboxylic acids is 1. The quantitative estimate of drug-likeness (QED) is 0.222. The number of aliphatic carboxylic acids is 1. The van der Waals surface area contributed by atoms with E-state index in [1.807, 2.05) is 6.07 Å². The van der Waals surface area contributed by atoms with Crippen LogP contribution in [0.2, 0.25) is 0 Å². The minimum absolute atomic E-state index is 0.0330. The summed E-state index contributed by atoms with van der Waals surface area (Å²) in [5.74, 6) is -0.719. The van der Waals surface area contributed by atoms with Crippen LogP contribution in [-0.4, -0.2) is 39.3 Å². The van der Waals surface area contributed by atoms with E-state index >= 15 is 0 Å². The molecule has 0 unspecified atom stereocenters.